The zero-order valence-corrected chi connectivity index (χ0v) is 13.3. The van der Waals surface area contributed by atoms with E-state index in [2.05, 4.69) is 0 Å². The fourth-order valence-electron chi connectivity index (χ4n) is 2.54. The van der Waals surface area contributed by atoms with E-state index in [1.54, 1.807) is 24.3 Å². The van der Waals surface area contributed by atoms with Crippen LogP contribution in [0.1, 0.15) is 44.9 Å². The lowest BCUT2D eigenvalue weighted by Crippen LogP contribution is -2.18. The molecule has 4 nitrogen and oxygen atoms in total. The number of benzene rings is 1. The van der Waals surface area contributed by atoms with Crippen molar-refractivity contribution in [2.45, 2.75) is 44.9 Å². The molecule has 0 aliphatic heterocycles. The van der Waals surface area contributed by atoms with Gasteiger partial charge in [0, 0.05) is 0 Å². The molecule has 0 aromatic heterocycles. The maximum atomic E-state index is 11.7. The minimum atomic E-state index is -0.484. The van der Waals surface area contributed by atoms with E-state index in [4.69, 9.17) is 21.1 Å². The summed E-state index contributed by atoms with van der Waals surface area (Å²) in [4.78, 5) is 23.3. The molecule has 0 spiro atoms. The standard InChI is InChI=1S/C17H21ClO4/c18-14-8-4-5-9-15(14)22-17(20)11-10-16(19)21-12-13-6-2-1-3-7-13/h4-5,8-9,13H,1-3,6-7,10-12H2. The average molecular weight is 325 g/mol. The summed E-state index contributed by atoms with van der Waals surface area (Å²) < 4.78 is 10.3. The van der Waals surface area contributed by atoms with Gasteiger partial charge in [-0.05, 0) is 30.9 Å². The Labute approximate surface area is 135 Å². The van der Waals surface area contributed by atoms with Crippen molar-refractivity contribution in [2.24, 2.45) is 5.92 Å². The molecule has 1 fully saturated rings. The molecule has 1 aliphatic carbocycles. The Balaban J connectivity index is 1.65. The van der Waals surface area contributed by atoms with Crippen molar-refractivity contribution in [2.75, 3.05) is 6.61 Å². The fourth-order valence-corrected chi connectivity index (χ4v) is 2.72. The second-order valence-corrected chi connectivity index (χ2v) is 6.00. The predicted molar refractivity (Wildman–Crippen MR) is 83.9 cm³/mol. The minimum Gasteiger partial charge on any atom is -0.465 e. The molecule has 1 saturated carbocycles. The van der Waals surface area contributed by atoms with E-state index in [0.717, 1.165) is 12.8 Å². The summed E-state index contributed by atoms with van der Waals surface area (Å²) in [5.41, 5.74) is 0. The Morgan fingerprint density at radius 2 is 1.73 bits per heavy atom. The van der Waals surface area contributed by atoms with Crippen molar-refractivity contribution in [1.82, 2.24) is 0 Å². The van der Waals surface area contributed by atoms with Gasteiger partial charge in [0.25, 0.3) is 0 Å². The number of hydrogen-bond donors (Lipinski definition) is 0. The minimum absolute atomic E-state index is 0.00523. The third-order valence-corrected chi connectivity index (χ3v) is 4.11. The van der Waals surface area contributed by atoms with Crippen LogP contribution < -0.4 is 4.74 Å². The number of para-hydroxylation sites is 1. The first-order valence-corrected chi connectivity index (χ1v) is 8.14. The molecule has 22 heavy (non-hydrogen) atoms. The van der Waals surface area contributed by atoms with Gasteiger partial charge in [-0.25, -0.2) is 0 Å². The third kappa shape index (κ3) is 5.68. The SMILES string of the molecule is O=C(CCC(=O)Oc1ccccc1Cl)OCC1CCCCC1. The van der Waals surface area contributed by atoms with Crippen molar-refractivity contribution < 1.29 is 19.1 Å². The molecule has 120 valence electrons. The van der Waals surface area contributed by atoms with E-state index in [9.17, 15) is 9.59 Å². The van der Waals surface area contributed by atoms with Crippen molar-refractivity contribution >= 4 is 23.5 Å². The molecule has 1 aromatic carbocycles. The highest BCUT2D eigenvalue weighted by Crippen LogP contribution is 2.24. The van der Waals surface area contributed by atoms with Gasteiger partial charge in [-0.2, -0.15) is 0 Å². The largest absolute Gasteiger partial charge is 0.465 e. The number of esters is 2. The highest BCUT2D eigenvalue weighted by Gasteiger charge is 2.16. The Morgan fingerprint density at radius 1 is 1.05 bits per heavy atom. The molecule has 0 atom stereocenters. The Hall–Kier alpha value is -1.55. The van der Waals surface area contributed by atoms with E-state index in [0.29, 0.717) is 23.3 Å². The van der Waals surface area contributed by atoms with Crippen LogP contribution in [0.15, 0.2) is 24.3 Å². The van der Waals surface area contributed by atoms with Crippen LogP contribution in [-0.4, -0.2) is 18.5 Å². The summed E-state index contributed by atoms with van der Waals surface area (Å²) in [7, 11) is 0. The van der Waals surface area contributed by atoms with E-state index in [-0.39, 0.29) is 18.8 Å². The fraction of sp³-hybridized carbons (Fsp3) is 0.529. The third-order valence-electron chi connectivity index (χ3n) is 3.80. The first kappa shape index (κ1) is 16.8. The topological polar surface area (TPSA) is 52.6 Å². The van der Waals surface area contributed by atoms with Gasteiger partial charge in [0.05, 0.1) is 24.5 Å². The predicted octanol–water partition coefficient (Wildman–Crippen LogP) is 4.15. The van der Waals surface area contributed by atoms with E-state index < -0.39 is 5.97 Å². The normalized spacial score (nSPS) is 15.3. The smallest absolute Gasteiger partial charge is 0.311 e. The molecule has 1 aliphatic rings. The molecule has 0 N–H and O–H groups in total. The number of rotatable bonds is 6. The average Bonchev–Trinajstić information content (AvgIpc) is 2.54. The van der Waals surface area contributed by atoms with Gasteiger partial charge in [0.15, 0.2) is 0 Å². The second-order valence-electron chi connectivity index (χ2n) is 5.59. The number of ether oxygens (including phenoxy) is 2. The molecule has 5 heteroatoms. The van der Waals surface area contributed by atoms with Crippen LogP contribution in [-0.2, 0) is 14.3 Å². The summed E-state index contributed by atoms with van der Waals surface area (Å²) in [5, 5.41) is 0.371. The summed E-state index contributed by atoms with van der Waals surface area (Å²) in [5.74, 6) is -0.0399. The van der Waals surface area contributed by atoms with Crippen molar-refractivity contribution in [3.05, 3.63) is 29.3 Å². The lowest BCUT2D eigenvalue weighted by atomic mass is 9.90. The van der Waals surface area contributed by atoms with Crippen LogP contribution in [0.2, 0.25) is 5.02 Å². The van der Waals surface area contributed by atoms with Gasteiger partial charge in [-0.15, -0.1) is 0 Å². The summed E-state index contributed by atoms with van der Waals surface area (Å²) in [6.45, 7) is 0.471. The maximum Gasteiger partial charge on any atom is 0.311 e. The zero-order chi connectivity index (χ0) is 15.8. The molecule has 0 radical (unpaired) electrons. The van der Waals surface area contributed by atoms with Crippen LogP contribution >= 0.6 is 11.6 Å². The molecule has 0 bridgehead atoms. The van der Waals surface area contributed by atoms with Crippen LogP contribution in [0.3, 0.4) is 0 Å². The number of carbonyl (C=O) groups excluding carboxylic acids is 2. The molecule has 0 heterocycles. The maximum absolute atomic E-state index is 11.7. The van der Waals surface area contributed by atoms with Gasteiger partial charge in [-0.3, -0.25) is 9.59 Å². The summed E-state index contributed by atoms with van der Waals surface area (Å²) in [6.07, 6.45) is 5.99. The molecular weight excluding hydrogens is 304 g/mol. The summed E-state index contributed by atoms with van der Waals surface area (Å²) >= 11 is 5.90. The summed E-state index contributed by atoms with van der Waals surface area (Å²) in [6, 6.07) is 6.74. The quantitative estimate of drug-likeness (QED) is 0.582. The highest BCUT2D eigenvalue weighted by molar-refractivity contribution is 6.32. The van der Waals surface area contributed by atoms with E-state index in [1.807, 2.05) is 0 Å². The van der Waals surface area contributed by atoms with Crippen LogP contribution in [0.5, 0.6) is 5.75 Å². The highest BCUT2D eigenvalue weighted by atomic mass is 35.5. The Morgan fingerprint density at radius 3 is 2.45 bits per heavy atom. The van der Waals surface area contributed by atoms with Crippen molar-refractivity contribution in [3.8, 4) is 5.75 Å². The molecule has 1 aromatic rings. The van der Waals surface area contributed by atoms with Crippen LogP contribution in [0.4, 0.5) is 0 Å². The second kappa shape index (κ2) is 8.79. The first-order valence-electron chi connectivity index (χ1n) is 7.76. The van der Waals surface area contributed by atoms with Gasteiger partial charge in [0.1, 0.15) is 5.75 Å². The van der Waals surface area contributed by atoms with E-state index >= 15 is 0 Å². The van der Waals surface area contributed by atoms with Crippen LogP contribution in [0.25, 0.3) is 0 Å². The molecule has 0 saturated heterocycles. The number of carbonyl (C=O) groups is 2. The Kier molecular flexibility index (Phi) is 6.72. The van der Waals surface area contributed by atoms with Gasteiger partial charge >= 0.3 is 11.9 Å². The lowest BCUT2D eigenvalue weighted by Gasteiger charge is -2.20. The molecular formula is C17H21ClO4. The lowest BCUT2D eigenvalue weighted by molar-refractivity contribution is -0.148. The Bertz CT molecular complexity index is 509. The van der Waals surface area contributed by atoms with Crippen molar-refractivity contribution in [3.63, 3.8) is 0 Å². The molecule has 0 unspecified atom stereocenters. The number of hydrogen-bond acceptors (Lipinski definition) is 4. The monoisotopic (exact) mass is 324 g/mol. The van der Waals surface area contributed by atoms with Crippen molar-refractivity contribution in [1.29, 1.82) is 0 Å². The number of halogens is 1. The van der Waals surface area contributed by atoms with Gasteiger partial charge in [-0.1, -0.05) is 43.0 Å². The van der Waals surface area contributed by atoms with Crippen LogP contribution in [0, 0.1) is 5.92 Å². The van der Waals surface area contributed by atoms with E-state index in [1.165, 1.54) is 19.3 Å². The molecule has 0 amide bonds. The van der Waals surface area contributed by atoms with Gasteiger partial charge < -0.3 is 9.47 Å². The van der Waals surface area contributed by atoms with Gasteiger partial charge in [0.2, 0.25) is 0 Å². The first-order chi connectivity index (χ1) is 10.6. The molecule has 2 rings (SSSR count). The zero-order valence-electron chi connectivity index (χ0n) is 12.6.